The molecule has 136 valence electrons. The molecule has 0 unspecified atom stereocenters. The van der Waals surface area contributed by atoms with Gasteiger partial charge in [-0.3, -0.25) is 4.98 Å². The maximum atomic E-state index is 4.70. The molecular formula is C21H25IN4. The molecule has 0 aliphatic heterocycles. The number of benzene rings is 2. The number of nitrogens with one attached hydrogen (secondary N) is 2. The van der Waals surface area contributed by atoms with Crippen LogP contribution in [0.3, 0.4) is 0 Å². The number of nitrogens with zero attached hydrogens (tertiary/aromatic N) is 2. The number of fused-ring (bicyclic) bond motifs is 1. The molecule has 4 nitrogen and oxygen atoms in total. The topological polar surface area (TPSA) is 49.3 Å². The Balaban J connectivity index is 0.00000243. The average molecular weight is 460 g/mol. The number of halogens is 1. The molecule has 26 heavy (non-hydrogen) atoms. The second-order valence-electron chi connectivity index (χ2n) is 5.84. The van der Waals surface area contributed by atoms with Crippen molar-refractivity contribution in [2.24, 2.45) is 4.99 Å². The Hall–Kier alpha value is -2.15. The average Bonchev–Trinajstić information content (AvgIpc) is 2.67. The molecule has 0 atom stereocenters. The summed E-state index contributed by atoms with van der Waals surface area (Å²) < 4.78 is 0. The van der Waals surface area contributed by atoms with E-state index in [0.29, 0.717) is 6.54 Å². The molecule has 3 rings (SSSR count). The predicted molar refractivity (Wildman–Crippen MR) is 120 cm³/mol. The zero-order valence-corrected chi connectivity index (χ0v) is 17.3. The quantitative estimate of drug-likeness (QED) is 0.330. The van der Waals surface area contributed by atoms with Crippen molar-refractivity contribution in [3.05, 3.63) is 78.1 Å². The lowest BCUT2D eigenvalue weighted by atomic mass is 10.1. The Kier molecular flexibility index (Phi) is 8.34. The summed E-state index contributed by atoms with van der Waals surface area (Å²) in [6.07, 6.45) is 2.82. The summed E-state index contributed by atoms with van der Waals surface area (Å²) >= 11 is 0. The van der Waals surface area contributed by atoms with Crippen molar-refractivity contribution in [1.82, 2.24) is 15.6 Å². The predicted octanol–water partition coefficient (Wildman–Crippen LogP) is 4.15. The summed E-state index contributed by atoms with van der Waals surface area (Å²) in [4.78, 5) is 9.20. The van der Waals surface area contributed by atoms with Crippen molar-refractivity contribution in [2.45, 2.75) is 19.9 Å². The molecule has 5 heteroatoms. The van der Waals surface area contributed by atoms with Crippen LogP contribution >= 0.6 is 24.0 Å². The molecule has 0 saturated carbocycles. The van der Waals surface area contributed by atoms with Crippen LogP contribution in [0.4, 0.5) is 0 Å². The third kappa shape index (κ3) is 5.69. The van der Waals surface area contributed by atoms with Gasteiger partial charge in [0.1, 0.15) is 0 Å². The molecule has 0 spiro atoms. The fourth-order valence-corrected chi connectivity index (χ4v) is 2.77. The molecule has 1 heterocycles. The van der Waals surface area contributed by atoms with Gasteiger partial charge in [0, 0.05) is 24.7 Å². The van der Waals surface area contributed by atoms with Crippen LogP contribution in [0.1, 0.15) is 18.2 Å². The standard InChI is InChI=1S/C21H24N4.HI/c1-2-22-21(24-14-12-17-8-4-3-5-9-17)25-16-20-19-11-7-6-10-18(19)13-15-23-20;/h3-11,13,15H,2,12,14,16H2,1H3,(H2,22,24,25);1H. The van der Waals surface area contributed by atoms with Crippen molar-refractivity contribution >= 4 is 40.7 Å². The van der Waals surface area contributed by atoms with Crippen molar-refractivity contribution in [3.63, 3.8) is 0 Å². The van der Waals surface area contributed by atoms with Gasteiger partial charge in [0.05, 0.1) is 12.2 Å². The third-order valence-corrected chi connectivity index (χ3v) is 4.04. The summed E-state index contributed by atoms with van der Waals surface area (Å²) in [7, 11) is 0. The smallest absolute Gasteiger partial charge is 0.191 e. The first kappa shape index (κ1) is 20.2. The Labute approximate surface area is 172 Å². The number of rotatable bonds is 6. The van der Waals surface area contributed by atoms with Gasteiger partial charge in [-0.25, -0.2) is 4.99 Å². The summed E-state index contributed by atoms with van der Waals surface area (Å²) in [5.74, 6) is 0.827. The molecule has 0 aliphatic rings. The highest BCUT2D eigenvalue weighted by molar-refractivity contribution is 14.0. The Morgan fingerprint density at radius 1 is 0.962 bits per heavy atom. The summed E-state index contributed by atoms with van der Waals surface area (Å²) in [6.45, 7) is 4.31. The minimum atomic E-state index is 0. The van der Waals surface area contributed by atoms with E-state index in [4.69, 9.17) is 4.99 Å². The highest BCUT2D eigenvalue weighted by Gasteiger charge is 2.03. The van der Waals surface area contributed by atoms with Gasteiger partial charge in [0.15, 0.2) is 5.96 Å². The molecule has 0 bridgehead atoms. The zero-order chi connectivity index (χ0) is 17.3. The van der Waals surface area contributed by atoms with E-state index in [1.165, 1.54) is 10.9 Å². The van der Waals surface area contributed by atoms with Crippen molar-refractivity contribution in [1.29, 1.82) is 0 Å². The molecule has 3 aromatic rings. The van der Waals surface area contributed by atoms with Gasteiger partial charge in [0.2, 0.25) is 0 Å². The number of hydrogen-bond acceptors (Lipinski definition) is 2. The van der Waals surface area contributed by atoms with Crippen LogP contribution < -0.4 is 10.6 Å². The van der Waals surface area contributed by atoms with Crippen LogP contribution in [-0.2, 0) is 13.0 Å². The second kappa shape index (κ2) is 10.8. The number of guanidine groups is 1. The van der Waals surface area contributed by atoms with Crippen molar-refractivity contribution < 1.29 is 0 Å². The van der Waals surface area contributed by atoms with E-state index in [0.717, 1.165) is 36.6 Å². The first-order valence-electron chi connectivity index (χ1n) is 8.75. The van der Waals surface area contributed by atoms with E-state index in [1.54, 1.807) is 0 Å². The highest BCUT2D eigenvalue weighted by Crippen LogP contribution is 2.16. The fraction of sp³-hybridized carbons (Fsp3) is 0.238. The van der Waals surface area contributed by atoms with Crippen LogP contribution in [0, 0.1) is 0 Å². The van der Waals surface area contributed by atoms with Gasteiger partial charge in [-0.05, 0) is 30.4 Å². The van der Waals surface area contributed by atoms with Gasteiger partial charge >= 0.3 is 0 Å². The number of hydrogen-bond donors (Lipinski definition) is 2. The third-order valence-electron chi connectivity index (χ3n) is 4.04. The monoisotopic (exact) mass is 460 g/mol. The molecule has 0 aliphatic carbocycles. The van der Waals surface area contributed by atoms with E-state index < -0.39 is 0 Å². The van der Waals surface area contributed by atoms with Gasteiger partial charge < -0.3 is 10.6 Å². The number of aromatic nitrogens is 1. The van der Waals surface area contributed by atoms with Crippen LogP contribution in [0.25, 0.3) is 10.8 Å². The minimum absolute atomic E-state index is 0. The Morgan fingerprint density at radius 3 is 2.54 bits per heavy atom. The van der Waals surface area contributed by atoms with Gasteiger partial charge in [0.25, 0.3) is 0 Å². The SMILES string of the molecule is CCNC(=NCc1nccc2ccccc12)NCCc1ccccc1.I. The lowest BCUT2D eigenvalue weighted by Gasteiger charge is -2.11. The van der Waals surface area contributed by atoms with E-state index in [-0.39, 0.29) is 24.0 Å². The second-order valence-corrected chi connectivity index (χ2v) is 5.84. The van der Waals surface area contributed by atoms with Crippen LogP contribution in [0.2, 0.25) is 0 Å². The van der Waals surface area contributed by atoms with E-state index in [9.17, 15) is 0 Å². The number of pyridine rings is 1. The summed E-state index contributed by atoms with van der Waals surface area (Å²) in [5.41, 5.74) is 2.32. The Bertz CT molecular complexity index is 828. The van der Waals surface area contributed by atoms with Crippen LogP contribution in [0.5, 0.6) is 0 Å². The lowest BCUT2D eigenvalue weighted by Crippen LogP contribution is -2.38. The fourth-order valence-electron chi connectivity index (χ4n) is 2.77. The summed E-state index contributed by atoms with van der Waals surface area (Å²) in [6, 6.07) is 20.8. The van der Waals surface area contributed by atoms with Gasteiger partial charge in [-0.1, -0.05) is 54.6 Å². The normalized spacial score (nSPS) is 11.0. The molecule has 0 saturated heterocycles. The van der Waals surface area contributed by atoms with Crippen LogP contribution in [0.15, 0.2) is 71.9 Å². The van der Waals surface area contributed by atoms with Crippen molar-refractivity contribution in [3.8, 4) is 0 Å². The lowest BCUT2D eigenvalue weighted by molar-refractivity contribution is 0.797. The maximum absolute atomic E-state index is 4.70. The maximum Gasteiger partial charge on any atom is 0.191 e. The first-order valence-corrected chi connectivity index (χ1v) is 8.75. The van der Waals surface area contributed by atoms with E-state index >= 15 is 0 Å². The molecule has 2 aromatic carbocycles. The largest absolute Gasteiger partial charge is 0.357 e. The van der Waals surface area contributed by atoms with E-state index in [2.05, 4.69) is 58.9 Å². The Morgan fingerprint density at radius 2 is 1.73 bits per heavy atom. The minimum Gasteiger partial charge on any atom is -0.357 e. The first-order chi connectivity index (χ1) is 12.4. The highest BCUT2D eigenvalue weighted by atomic mass is 127. The molecule has 2 N–H and O–H groups in total. The van der Waals surface area contributed by atoms with Gasteiger partial charge in [-0.15, -0.1) is 24.0 Å². The molecule has 0 radical (unpaired) electrons. The van der Waals surface area contributed by atoms with Crippen LogP contribution in [-0.4, -0.2) is 24.0 Å². The molecular weight excluding hydrogens is 435 g/mol. The molecule has 0 amide bonds. The summed E-state index contributed by atoms with van der Waals surface area (Å²) in [5, 5.41) is 9.06. The van der Waals surface area contributed by atoms with Crippen molar-refractivity contribution in [2.75, 3.05) is 13.1 Å². The molecule has 1 aromatic heterocycles. The van der Waals surface area contributed by atoms with E-state index in [1.807, 2.05) is 30.5 Å². The zero-order valence-electron chi connectivity index (χ0n) is 15.0. The molecule has 0 fully saturated rings. The number of aliphatic imine (C=N–C) groups is 1. The van der Waals surface area contributed by atoms with Gasteiger partial charge in [-0.2, -0.15) is 0 Å².